The van der Waals surface area contributed by atoms with Gasteiger partial charge in [-0.25, -0.2) is 4.79 Å². The van der Waals surface area contributed by atoms with Crippen LogP contribution in [0.25, 0.3) is 0 Å². The predicted octanol–water partition coefficient (Wildman–Crippen LogP) is 4.35. The van der Waals surface area contributed by atoms with Crippen molar-refractivity contribution < 1.29 is 18.7 Å². The Morgan fingerprint density at radius 3 is 2.29 bits per heavy atom. The summed E-state index contributed by atoms with van der Waals surface area (Å²) in [6, 6.07) is 7.16. The van der Waals surface area contributed by atoms with Crippen molar-refractivity contribution in [2.75, 3.05) is 6.67 Å². The normalized spacial score (nSPS) is 13.0. The van der Waals surface area contributed by atoms with Crippen molar-refractivity contribution in [3.63, 3.8) is 0 Å². The molecule has 0 aliphatic carbocycles. The van der Waals surface area contributed by atoms with Gasteiger partial charge in [0.1, 0.15) is 11.3 Å². The van der Waals surface area contributed by atoms with Gasteiger partial charge in [0.25, 0.3) is 0 Å². The average molecular weight is 335 g/mol. The molecule has 1 rings (SSSR count). The number of carbonyl (C=O) groups excluding carboxylic acids is 1. The molecular weight excluding hydrogens is 309 g/mol. The summed E-state index contributed by atoms with van der Waals surface area (Å²) >= 11 is 0. The average Bonchev–Trinajstić information content (AvgIpc) is 2.44. The number of hydrogen-bond acceptors (Lipinski definition) is 3. The Kier molecular flexibility index (Phi) is 6.80. The van der Waals surface area contributed by atoms with Gasteiger partial charge in [-0.05, 0) is 52.3 Å². The molecule has 1 amide bonds. The number of alkyl carbamates (subject to hydrolysis) is 1. The first-order chi connectivity index (χ1) is 11.1. The minimum Gasteiger partial charge on any atom is -0.444 e. The van der Waals surface area contributed by atoms with E-state index in [4.69, 9.17) is 15.9 Å². The minimum absolute atomic E-state index is 0.175. The zero-order valence-corrected chi connectivity index (χ0v) is 15.0. The van der Waals surface area contributed by atoms with Crippen LogP contribution in [0.2, 0.25) is 0 Å². The third-order valence-electron chi connectivity index (χ3n) is 3.06. The third kappa shape index (κ3) is 7.01. The molecule has 0 radical (unpaired) electrons. The maximum Gasteiger partial charge on any atom is 0.409 e. The van der Waals surface area contributed by atoms with Crippen molar-refractivity contribution in [3.05, 3.63) is 35.4 Å². The first-order valence-electron chi connectivity index (χ1n) is 7.88. The van der Waals surface area contributed by atoms with E-state index in [1.807, 2.05) is 0 Å². The third-order valence-corrected chi connectivity index (χ3v) is 3.06. The molecule has 1 aromatic carbocycles. The number of halogens is 1. The lowest BCUT2D eigenvalue weighted by Gasteiger charge is -2.32. The fourth-order valence-corrected chi connectivity index (χ4v) is 2.12. The quantitative estimate of drug-likeness (QED) is 0.621. The van der Waals surface area contributed by atoms with E-state index in [1.54, 1.807) is 58.9 Å². The molecule has 24 heavy (non-hydrogen) atoms. The van der Waals surface area contributed by atoms with Crippen LogP contribution >= 0.6 is 0 Å². The molecule has 0 bridgehead atoms. The van der Waals surface area contributed by atoms with E-state index in [0.717, 1.165) is 11.1 Å². The number of hydrogen-bond donors (Lipinski definition) is 1. The van der Waals surface area contributed by atoms with Gasteiger partial charge in [0, 0.05) is 12.0 Å². The van der Waals surface area contributed by atoms with Crippen LogP contribution in [0.5, 0.6) is 0 Å². The maximum absolute atomic E-state index is 12.9. The van der Waals surface area contributed by atoms with Gasteiger partial charge in [-0.2, -0.15) is 0 Å². The van der Waals surface area contributed by atoms with Gasteiger partial charge in [-0.3, -0.25) is 9.71 Å². The Morgan fingerprint density at radius 2 is 1.83 bits per heavy atom. The van der Waals surface area contributed by atoms with Gasteiger partial charge in [0.2, 0.25) is 0 Å². The second-order valence-electron chi connectivity index (χ2n) is 6.99. The van der Waals surface area contributed by atoms with Crippen LogP contribution in [-0.4, -0.2) is 24.1 Å². The molecule has 0 aliphatic rings. The molecule has 4 nitrogen and oxygen atoms in total. The molecule has 1 aromatic rings. The Morgan fingerprint density at radius 1 is 1.25 bits per heavy atom. The van der Waals surface area contributed by atoms with E-state index >= 15 is 0 Å². The van der Waals surface area contributed by atoms with Crippen LogP contribution in [-0.2, 0) is 9.47 Å². The molecular formula is C19H26FNO3. The summed E-state index contributed by atoms with van der Waals surface area (Å²) in [4.78, 5) is 11.9. The Balaban J connectivity index is 2.81. The zero-order valence-electron chi connectivity index (χ0n) is 15.0. The summed E-state index contributed by atoms with van der Waals surface area (Å²) in [7, 11) is 0. The van der Waals surface area contributed by atoms with Gasteiger partial charge < -0.3 is 9.47 Å². The van der Waals surface area contributed by atoms with Crippen molar-refractivity contribution in [3.8, 4) is 12.3 Å². The molecule has 5 heteroatoms. The topological polar surface area (TPSA) is 47.6 Å². The van der Waals surface area contributed by atoms with E-state index < -0.39 is 30.2 Å². The molecule has 132 valence electrons. The van der Waals surface area contributed by atoms with Crippen molar-refractivity contribution in [2.24, 2.45) is 0 Å². The molecule has 1 atom stereocenters. The number of rotatable bonds is 6. The Labute approximate surface area is 143 Å². The monoisotopic (exact) mass is 335 g/mol. The van der Waals surface area contributed by atoms with E-state index in [9.17, 15) is 9.18 Å². The van der Waals surface area contributed by atoms with E-state index in [-0.39, 0.29) is 6.42 Å². The second kappa shape index (κ2) is 8.16. The molecule has 1 unspecified atom stereocenters. The fourth-order valence-electron chi connectivity index (χ4n) is 2.12. The first-order valence-corrected chi connectivity index (χ1v) is 7.88. The van der Waals surface area contributed by atoms with Crippen molar-refractivity contribution in [1.82, 2.24) is 5.32 Å². The van der Waals surface area contributed by atoms with Gasteiger partial charge in [0.15, 0.2) is 0 Å². The SMILES string of the molecule is C#Cc1ccc(C(CCF)OC(C)(C)NC(=O)OC(C)(C)C)cc1. The molecule has 0 spiro atoms. The summed E-state index contributed by atoms with van der Waals surface area (Å²) in [6.07, 6.45) is 4.42. The van der Waals surface area contributed by atoms with Gasteiger partial charge in [-0.1, -0.05) is 18.1 Å². The molecule has 0 aliphatic heterocycles. The number of alkyl halides is 1. The second-order valence-corrected chi connectivity index (χ2v) is 6.99. The summed E-state index contributed by atoms with van der Waals surface area (Å²) in [5, 5.41) is 2.66. The number of amides is 1. The van der Waals surface area contributed by atoms with E-state index in [2.05, 4.69) is 11.2 Å². The van der Waals surface area contributed by atoms with Crippen LogP contribution in [0.15, 0.2) is 24.3 Å². The number of carbonyl (C=O) groups is 1. The highest BCUT2D eigenvalue weighted by Crippen LogP contribution is 2.27. The van der Waals surface area contributed by atoms with Gasteiger partial charge in [0.05, 0.1) is 12.8 Å². The molecule has 1 N–H and O–H groups in total. The van der Waals surface area contributed by atoms with Crippen molar-refractivity contribution >= 4 is 6.09 Å². The predicted molar refractivity (Wildman–Crippen MR) is 92.2 cm³/mol. The first kappa shape index (κ1) is 20.0. The number of nitrogens with one attached hydrogen (secondary N) is 1. The summed E-state index contributed by atoms with van der Waals surface area (Å²) in [6.45, 7) is 8.18. The lowest BCUT2D eigenvalue weighted by Crippen LogP contribution is -2.48. The van der Waals surface area contributed by atoms with Gasteiger partial charge >= 0.3 is 6.09 Å². The highest BCUT2D eigenvalue weighted by molar-refractivity contribution is 5.68. The number of terminal acetylenes is 1. The molecule has 0 fully saturated rings. The molecule has 0 saturated heterocycles. The summed E-state index contributed by atoms with van der Waals surface area (Å²) in [5.74, 6) is 2.53. The molecule has 0 heterocycles. The Hall–Kier alpha value is -2.06. The highest BCUT2D eigenvalue weighted by atomic mass is 19.1. The lowest BCUT2D eigenvalue weighted by atomic mass is 10.0. The van der Waals surface area contributed by atoms with E-state index in [1.165, 1.54) is 0 Å². The van der Waals surface area contributed by atoms with Crippen LogP contribution in [0.4, 0.5) is 9.18 Å². The lowest BCUT2D eigenvalue weighted by molar-refractivity contribution is -0.0979. The van der Waals surface area contributed by atoms with Crippen molar-refractivity contribution in [1.29, 1.82) is 0 Å². The summed E-state index contributed by atoms with van der Waals surface area (Å²) < 4.78 is 24.1. The highest BCUT2D eigenvalue weighted by Gasteiger charge is 2.28. The van der Waals surface area contributed by atoms with Gasteiger partial charge in [-0.15, -0.1) is 6.42 Å². The smallest absolute Gasteiger partial charge is 0.409 e. The van der Waals surface area contributed by atoms with Crippen LogP contribution in [0, 0.1) is 12.3 Å². The number of ether oxygens (including phenoxy) is 2. The molecule has 0 aromatic heterocycles. The standard InChI is InChI=1S/C19H26FNO3/c1-7-14-8-10-15(11-9-14)16(12-13-20)23-19(5,6)21-17(22)24-18(2,3)4/h1,8-11,16H,12-13H2,2-6H3,(H,21,22). The molecule has 0 saturated carbocycles. The largest absolute Gasteiger partial charge is 0.444 e. The fraction of sp³-hybridized carbons (Fsp3) is 0.526. The van der Waals surface area contributed by atoms with Crippen LogP contribution in [0.1, 0.15) is 58.3 Å². The van der Waals surface area contributed by atoms with Crippen molar-refractivity contribution in [2.45, 2.75) is 58.5 Å². The maximum atomic E-state index is 12.9. The summed E-state index contributed by atoms with van der Waals surface area (Å²) in [5.41, 5.74) is -0.0918. The van der Waals surface area contributed by atoms with Crippen LogP contribution in [0.3, 0.4) is 0 Å². The van der Waals surface area contributed by atoms with Crippen LogP contribution < -0.4 is 5.32 Å². The minimum atomic E-state index is -1.02. The number of benzene rings is 1. The van der Waals surface area contributed by atoms with E-state index in [0.29, 0.717) is 0 Å². The zero-order chi connectivity index (χ0) is 18.4. The Bertz CT molecular complexity index is 582.